The molecule has 2 nitrogen and oxygen atoms in total. The van der Waals surface area contributed by atoms with E-state index in [0.717, 1.165) is 11.1 Å². The van der Waals surface area contributed by atoms with Crippen molar-refractivity contribution in [3.63, 3.8) is 0 Å². The predicted molar refractivity (Wildman–Crippen MR) is 72.0 cm³/mol. The van der Waals surface area contributed by atoms with Gasteiger partial charge in [0.05, 0.1) is 6.04 Å². The van der Waals surface area contributed by atoms with Crippen LogP contribution >= 0.6 is 23.2 Å². The third-order valence-electron chi connectivity index (χ3n) is 2.64. The summed E-state index contributed by atoms with van der Waals surface area (Å²) in [5.74, 6) is 5.25. The molecular weight excluding hydrogens is 274 g/mol. The SMILES string of the molecule is NNC(c1ccc(F)cc1)c1cc(Cl)ccc1Cl. The van der Waals surface area contributed by atoms with Gasteiger partial charge in [0.1, 0.15) is 5.82 Å². The van der Waals surface area contributed by atoms with E-state index in [0.29, 0.717) is 10.0 Å². The summed E-state index contributed by atoms with van der Waals surface area (Å²) >= 11 is 12.1. The van der Waals surface area contributed by atoms with Crippen LogP contribution in [0.3, 0.4) is 0 Å². The summed E-state index contributed by atoms with van der Waals surface area (Å²) in [5, 5.41) is 1.11. The molecule has 0 aromatic heterocycles. The maximum Gasteiger partial charge on any atom is 0.123 e. The average molecular weight is 285 g/mol. The average Bonchev–Trinajstić information content (AvgIpc) is 2.37. The van der Waals surface area contributed by atoms with Gasteiger partial charge < -0.3 is 0 Å². The molecule has 2 aromatic rings. The monoisotopic (exact) mass is 284 g/mol. The van der Waals surface area contributed by atoms with Gasteiger partial charge in [-0.1, -0.05) is 35.3 Å². The van der Waals surface area contributed by atoms with Crippen LogP contribution in [0, 0.1) is 5.82 Å². The Morgan fingerprint density at radius 2 is 1.72 bits per heavy atom. The number of rotatable bonds is 3. The van der Waals surface area contributed by atoms with Crippen LogP contribution in [0.5, 0.6) is 0 Å². The number of hydrogen-bond donors (Lipinski definition) is 2. The van der Waals surface area contributed by atoms with Gasteiger partial charge in [-0.3, -0.25) is 5.84 Å². The molecular formula is C13H11Cl2FN2. The highest BCUT2D eigenvalue weighted by atomic mass is 35.5. The van der Waals surface area contributed by atoms with Gasteiger partial charge in [0.25, 0.3) is 0 Å². The highest BCUT2D eigenvalue weighted by molar-refractivity contribution is 6.33. The lowest BCUT2D eigenvalue weighted by Gasteiger charge is -2.18. The molecule has 0 amide bonds. The quantitative estimate of drug-likeness (QED) is 0.666. The van der Waals surface area contributed by atoms with Gasteiger partial charge in [-0.2, -0.15) is 0 Å². The van der Waals surface area contributed by atoms with Gasteiger partial charge in [-0.15, -0.1) is 0 Å². The smallest absolute Gasteiger partial charge is 0.123 e. The van der Waals surface area contributed by atoms with Crippen molar-refractivity contribution in [3.8, 4) is 0 Å². The molecule has 0 bridgehead atoms. The van der Waals surface area contributed by atoms with Crippen LogP contribution < -0.4 is 11.3 Å². The second kappa shape index (κ2) is 5.67. The third kappa shape index (κ3) is 2.82. The summed E-state index contributed by atoms with van der Waals surface area (Å²) in [4.78, 5) is 0. The van der Waals surface area contributed by atoms with E-state index >= 15 is 0 Å². The molecule has 1 unspecified atom stereocenters. The minimum atomic E-state index is -0.336. The van der Waals surface area contributed by atoms with Gasteiger partial charge in [-0.25, -0.2) is 9.82 Å². The summed E-state index contributed by atoms with van der Waals surface area (Å²) in [6.45, 7) is 0. The zero-order valence-electron chi connectivity index (χ0n) is 9.33. The number of nitrogens with two attached hydrogens (primary N) is 1. The minimum absolute atomic E-state index is 0.299. The summed E-state index contributed by atoms with van der Waals surface area (Å²) < 4.78 is 12.9. The fraction of sp³-hybridized carbons (Fsp3) is 0.0769. The van der Waals surface area contributed by atoms with E-state index in [2.05, 4.69) is 5.43 Å². The zero-order chi connectivity index (χ0) is 13.1. The summed E-state index contributed by atoms with van der Waals surface area (Å²) in [6.07, 6.45) is 0. The molecule has 2 aromatic carbocycles. The van der Waals surface area contributed by atoms with Crippen molar-refractivity contribution < 1.29 is 4.39 Å². The molecule has 3 N–H and O–H groups in total. The second-order valence-electron chi connectivity index (χ2n) is 3.82. The Balaban J connectivity index is 2.44. The molecule has 0 saturated heterocycles. The fourth-order valence-corrected chi connectivity index (χ4v) is 2.16. The topological polar surface area (TPSA) is 38.0 Å². The van der Waals surface area contributed by atoms with Crippen molar-refractivity contribution in [1.29, 1.82) is 0 Å². The predicted octanol–water partition coefficient (Wildman–Crippen LogP) is 3.69. The minimum Gasteiger partial charge on any atom is -0.271 e. The Morgan fingerprint density at radius 3 is 2.33 bits per heavy atom. The molecule has 1 atom stereocenters. The lowest BCUT2D eigenvalue weighted by Crippen LogP contribution is -2.29. The van der Waals surface area contributed by atoms with E-state index in [9.17, 15) is 4.39 Å². The molecule has 94 valence electrons. The van der Waals surface area contributed by atoms with Crippen LogP contribution in [0.1, 0.15) is 17.2 Å². The second-order valence-corrected chi connectivity index (χ2v) is 4.66. The number of nitrogens with one attached hydrogen (secondary N) is 1. The van der Waals surface area contributed by atoms with Crippen molar-refractivity contribution in [3.05, 3.63) is 69.5 Å². The summed E-state index contributed by atoms with van der Waals surface area (Å²) in [5.41, 5.74) is 4.21. The molecule has 0 radical (unpaired) electrons. The molecule has 0 aliphatic heterocycles. The Kier molecular flexibility index (Phi) is 4.19. The first kappa shape index (κ1) is 13.3. The molecule has 0 fully saturated rings. The summed E-state index contributed by atoms with van der Waals surface area (Å²) in [6, 6.07) is 10.8. The van der Waals surface area contributed by atoms with Crippen molar-refractivity contribution in [1.82, 2.24) is 5.43 Å². The number of halogens is 3. The van der Waals surface area contributed by atoms with E-state index in [1.807, 2.05) is 0 Å². The Labute approximate surface area is 114 Å². The first-order chi connectivity index (χ1) is 8.61. The van der Waals surface area contributed by atoms with Crippen LogP contribution in [-0.2, 0) is 0 Å². The lowest BCUT2D eigenvalue weighted by molar-refractivity contribution is 0.615. The maximum absolute atomic E-state index is 12.9. The highest BCUT2D eigenvalue weighted by Gasteiger charge is 2.16. The summed E-state index contributed by atoms with van der Waals surface area (Å²) in [7, 11) is 0. The third-order valence-corrected chi connectivity index (χ3v) is 3.22. The van der Waals surface area contributed by atoms with E-state index in [1.165, 1.54) is 12.1 Å². The lowest BCUT2D eigenvalue weighted by atomic mass is 9.99. The molecule has 0 aliphatic rings. The number of benzene rings is 2. The molecule has 0 aliphatic carbocycles. The Morgan fingerprint density at radius 1 is 1.06 bits per heavy atom. The number of hydrogen-bond acceptors (Lipinski definition) is 2. The van der Waals surface area contributed by atoms with E-state index in [1.54, 1.807) is 30.3 Å². The van der Waals surface area contributed by atoms with E-state index in [-0.39, 0.29) is 11.9 Å². The van der Waals surface area contributed by atoms with Crippen LogP contribution in [-0.4, -0.2) is 0 Å². The maximum atomic E-state index is 12.9. The number of hydrazine groups is 1. The fourth-order valence-electron chi connectivity index (χ4n) is 1.76. The van der Waals surface area contributed by atoms with Gasteiger partial charge in [0.15, 0.2) is 0 Å². The van der Waals surface area contributed by atoms with Crippen LogP contribution in [0.15, 0.2) is 42.5 Å². The van der Waals surface area contributed by atoms with E-state index < -0.39 is 0 Å². The van der Waals surface area contributed by atoms with Crippen LogP contribution in [0.4, 0.5) is 4.39 Å². The van der Waals surface area contributed by atoms with E-state index in [4.69, 9.17) is 29.0 Å². The van der Waals surface area contributed by atoms with Crippen molar-refractivity contribution in [2.24, 2.45) is 5.84 Å². The van der Waals surface area contributed by atoms with Crippen LogP contribution in [0.25, 0.3) is 0 Å². The van der Waals surface area contributed by atoms with Gasteiger partial charge in [0.2, 0.25) is 0 Å². The van der Waals surface area contributed by atoms with Crippen molar-refractivity contribution in [2.45, 2.75) is 6.04 Å². The molecule has 18 heavy (non-hydrogen) atoms. The molecule has 5 heteroatoms. The first-order valence-electron chi connectivity index (χ1n) is 5.28. The molecule has 0 spiro atoms. The molecule has 0 saturated carbocycles. The van der Waals surface area contributed by atoms with Gasteiger partial charge >= 0.3 is 0 Å². The highest BCUT2D eigenvalue weighted by Crippen LogP contribution is 2.30. The standard InChI is InChI=1S/C13H11Cl2FN2/c14-9-3-6-12(15)11(7-9)13(18-17)8-1-4-10(16)5-2-8/h1-7,13,18H,17H2. The van der Waals surface area contributed by atoms with Crippen molar-refractivity contribution >= 4 is 23.2 Å². The Bertz CT molecular complexity index is 543. The van der Waals surface area contributed by atoms with Crippen LogP contribution in [0.2, 0.25) is 10.0 Å². The van der Waals surface area contributed by atoms with Gasteiger partial charge in [0, 0.05) is 10.0 Å². The Hall–Kier alpha value is -1.13. The molecule has 2 rings (SSSR count). The zero-order valence-corrected chi connectivity index (χ0v) is 10.8. The molecule has 0 heterocycles. The normalized spacial score (nSPS) is 12.4. The largest absolute Gasteiger partial charge is 0.271 e. The first-order valence-corrected chi connectivity index (χ1v) is 6.04. The van der Waals surface area contributed by atoms with Gasteiger partial charge in [-0.05, 0) is 41.5 Å². The van der Waals surface area contributed by atoms with Crippen molar-refractivity contribution in [2.75, 3.05) is 0 Å².